The van der Waals surface area contributed by atoms with Crippen molar-refractivity contribution in [3.8, 4) is 0 Å². The summed E-state index contributed by atoms with van der Waals surface area (Å²) in [5, 5.41) is 0. The minimum absolute atomic E-state index is 0.909. The van der Waals surface area contributed by atoms with Crippen LogP contribution in [0.15, 0.2) is 12.4 Å². The molecule has 1 fully saturated rings. The van der Waals surface area contributed by atoms with E-state index in [2.05, 4.69) is 9.97 Å². The van der Waals surface area contributed by atoms with E-state index >= 15 is 0 Å². The molecule has 11 heavy (non-hydrogen) atoms. The third-order valence-corrected chi connectivity index (χ3v) is 2.03. The average molecular weight is 148 g/mol. The maximum absolute atomic E-state index is 4.30. The van der Waals surface area contributed by atoms with Crippen LogP contribution in [0.5, 0.6) is 0 Å². The highest BCUT2D eigenvalue weighted by Crippen LogP contribution is 2.31. The normalized spacial score (nSPS) is 16.8. The molecule has 1 aliphatic carbocycles. The molecule has 0 amide bonds. The standard InChI is InChI=1S/C9H12N2/c1-7-5-11-9(6-10-7)4-8-2-3-8/h5-6,8H,2-4H2,1H3. The summed E-state index contributed by atoms with van der Waals surface area (Å²) < 4.78 is 0. The fraction of sp³-hybridized carbons (Fsp3) is 0.556. The van der Waals surface area contributed by atoms with Gasteiger partial charge >= 0.3 is 0 Å². The average Bonchev–Trinajstić information content (AvgIpc) is 2.78. The van der Waals surface area contributed by atoms with Gasteiger partial charge in [-0.05, 0) is 32.1 Å². The van der Waals surface area contributed by atoms with Crippen LogP contribution >= 0.6 is 0 Å². The van der Waals surface area contributed by atoms with E-state index in [1.165, 1.54) is 12.8 Å². The smallest absolute Gasteiger partial charge is 0.0589 e. The van der Waals surface area contributed by atoms with Gasteiger partial charge in [-0.15, -0.1) is 0 Å². The van der Waals surface area contributed by atoms with Gasteiger partial charge in [-0.2, -0.15) is 0 Å². The first kappa shape index (κ1) is 6.77. The van der Waals surface area contributed by atoms with E-state index in [4.69, 9.17) is 0 Å². The van der Waals surface area contributed by atoms with Gasteiger partial charge < -0.3 is 0 Å². The summed E-state index contributed by atoms with van der Waals surface area (Å²) in [6.07, 6.45) is 7.64. The fourth-order valence-corrected chi connectivity index (χ4v) is 1.14. The fourth-order valence-electron chi connectivity index (χ4n) is 1.14. The maximum atomic E-state index is 4.30. The first-order chi connectivity index (χ1) is 5.34. The van der Waals surface area contributed by atoms with Crippen LogP contribution in [0.3, 0.4) is 0 Å². The van der Waals surface area contributed by atoms with Crippen LogP contribution < -0.4 is 0 Å². The summed E-state index contributed by atoms with van der Waals surface area (Å²) in [5.41, 5.74) is 2.16. The lowest BCUT2D eigenvalue weighted by Crippen LogP contribution is -1.93. The van der Waals surface area contributed by atoms with E-state index in [1.54, 1.807) is 0 Å². The van der Waals surface area contributed by atoms with Crippen LogP contribution in [0.1, 0.15) is 24.2 Å². The number of hydrogen-bond donors (Lipinski definition) is 0. The maximum Gasteiger partial charge on any atom is 0.0589 e. The molecule has 2 heteroatoms. The lowest BCUT2D eigenvalue weighted by atomic mass is 10.2. The zero-order valence-corrected chi connectivity index (χ0v) is 6.75. The van der Waals surface area contributed by atoms with Gasteiger partial charge in [0.15, 0.2) is 0 Å². The van der Waals surface area contributed by atoms with E-state index in [9.17, 15) is 0 Å². The molecule has 2 nitrogen and oxygen atoms in total. The van der Waals surface area contributed by atoms with Gasteiger partial charge in [0, 0.05) is 12.4 Å². The van der Waals surface area contributed by atoms with Crippen LogP contribution in [0.4, 0.5) is 0 Å². The molecular weight excluding hydrogens is 136 g/mol. The van der Waals surface area contributed by atoms with Crippen molar-refractivity contribution in [2.45, 2.75) is 26.2 Å². The quantitative estimate of drug-likeness (QED) is 0.638. The highest BCUT2D eigenvalue weighted by Gasteiger charge is 2.21. The van der Waals surface area contributed by atoms with Gasteiger partial charge in [-0.1, -0.05) is 0 Å². The largest absolute Gasteiger partial charge is 0.258 e. The Bertz CT molecular complexity index is 236. The van der Waals surface area contributed by atoms with Gasteiger partial charge in [0.2, 0.25) is 0 Å². The molecule has 0 N–H and O–H groups in total. The third kappa shape index (κ3) is 1.76. The molecule has 1 saturated carbocycles. The molecule has 0 radical (unpaired) electrons. The molecule has 0 unspecified atom stereocenters. The molecule has 1 aliphatic rings. The molecule has 0 aromatic carbocycles. The lowest BCUT2D eigenvalue weighted by Gasteiger charge is -1.96. The van der Waals surface area contributed by atoms with Gasteiger partial charge in [-0.3, -0.25) is 9.97 Å². The summed E-state index contributed by atoms with van der Waals surface area (Å²) in [6.45, 7) is 1.97. The second-order valence-electron chi connectivity index (χ2n) is 3.30. The van der Waals surface area contributed by atoms with Crippen LogP contribution in [0.25, 0.3) is 0 Å². The molecule has 2 rings (SSSR count). The second-order valence-corrected chi connectivity index (χ2v) is 3.30. The van der Waals surface area contributed by atoms with Crippen molar-refractivity contribution in [1.29, 1.82) is 0 Å². The summed E-state index contributed by atoms with van der Waals surface area (Å²) in [7, 11) is 0. The Hall–Kier alpha value is -0.920. The first-order valence-corrected chi connectivity index (χ1v) is 4.12. The van der Waals surface area contributed by atoms with Crippen molar-refractivity contribution in [2.24, 2.45) is 5.92 Å². The molecule has 0 aliphatic heterocycles. The Morgan fingerprint density at radius 1 is 1.36 bits per heavy atom. The second kappa shape index (κ2) is 2.61. The predicted molar refractivity (Wildman–Crippen MR) is 43.2 cm³/mol. The van der Waals surface area contributed by atoms with Gasteiger partial charge in [-0.25, -0.2) is 0 Å². The van der Waals surface area contributed by atoms with Crippen molar-refractivity contribution in [1.82, 2.24) is 9.97 Å². The summed E-state index contributed by atoms with van der Waals surface area (Å²) in [5.74, 6) is 0.909. The Kier molecular flexibility index (Phi) is 1.60. The minimum Gasteiger partial charge on any atom is -0.258 e. The first-order valence-electron chi connectivity index (χ1n) is 4.12. The Balaban J connectivity index is 2.06. The van der Waals surface area contributed by atoms with Gasteiger partial charge in [0.1, 0.15) is 0 Å². The molecular formula is C9H12N2. The number of nitrogens with zero attached hydrogens (tertiary/aromatic N) is 2. The summed E-state index contributed by atoms with van der Waals surface area (Å²) >= 11 is 0. The molecule has 1 aromatic rings. The van der Waals surface area contributed by atoms with E-state index in [0.717, 1.165) is 23.7 Å². The Labute approximate surface area is 66.7 Å². The minimum atomic E-state index is 0.909. The monoisotopic (exact) mass is 148 g/mol. The third-order valence-electron chi connectivity index (χ3n) is 2.03. The van der Waals surface area contributed by atoms with Crippen molar-refractivity contribution < 1.29 is 0 Å². The summed E-state index contributed by atoms with van der Waals surface area (Å²) in [4.78, 5) is 8.49. The SMILES string of the molecule is Cc1cnc(CC2CC2)cn1. The van der Waals surface area contributed by atoms with Gasteiger partial charge in [0.25, 0.3) is 0 Å². The molecule has 0 spiro atoms. The van der Waals surface area contributed by atoms with Crippen LogP contribution in [-0.4, -0.2) is 9.97 Å². The van der Waals surface area contributed by atoms with E-state index in [1.807, 2.05) is 19.3 Å². The zero-order valence-electron chi connectivity index (χ0n) is 6.75. The molecule has 0 saturated heterocycles. The molecule has 1 heterocycles. The number of aromatic nitrogens is 2. The molecule has 0 bridgehead atoms. The van der Waals surface area contributed by atoms with Crippen molar-refractivity contribution >= 4 is 0 Å². The zero-order chi connectivity index (χ0) is 7.68. The number of hydrogen-bond acceptors (Lipinski definition) is 2. The van der Waals surface area contributed by atoms with Crippen LogP contribution in [0.2, 0.25) is 0 Å². The van der Waals surface area contributed by atoms with Crippen LogP contribution in [0, 0.1) is 12.8 Å². The topological polar surface area (TPSA) is 25.8 Å². The molecule has 1 aromatic heterocycles. The van der Waals surface area contributed by atoms with E-state index < -0.39 is 0 Å². The van der Waals surface area contributed by atoms with Crippen molar-refractivity contribution in [3.63, 3.8) is 0 Å². The predicted octanol–water partition coefficient (Wildman–Crippen LogP) is 1.74. The van der Waals surface area contributed by atoms with Gasteiger partial charge in [0.05, 0.1) is 11.4 Å². The van der Waals surface area contributed by atoms with Crippen LogP contribution in [-0.2, 0) is 6.42 Å². The Morgan fingerprint density at radius 3 is 2.73 bits per heavy atom. The molecule has 0 atom stereocenters. The van der Waals surface area contributed by atoms with Crippen molar-refractivity contribution in [3.05, 3.63) is 23.8 Å². The van der Waals surface area contributed by atoms with E-state index in [0.29, 0.717) is 0 Å². The Morgan fingerprint density at radius 2 is 2.18 bits per heavy atom. The molecule has 58 valence electrons. The lowest BCUT2D eigenvalue weighted by molar-refractivity contribution is 0.794. The number of rotatable bonds is 2. The highest BCUT2D eigenvalue weighted by atomic mass is 14.8. The highest BCUT2D eigenvalue weighted by molar-refractivity contribution is 5.02. The summed E-state index contributed by atoms with van der Waals surface area (Å²) in [6, 6.07) is 0. The van der Waals surface area contributed by atoms with E-state index in [-0.39, 0.29) is 0 Å². The van der Waals surface area contributed by atoms with Crippen molar-refractivity contribution in [2.75, 3.05) is 0 Å². The number of aryl methyl sites for hydroxylation is 1.